The van der Waals surface area contributed by atoms with Crippen LogP contribution in [0.2, 0.25) is 0 Å². The Morgan fingerprint density at radius 3 is 2.14 bits per heavy atom. The SMILES string of the molecule is CCCCCCCCCCC(C)CCOCC[S+]1CCCC1. The van der Waals surface area contributed by atoms with Crippen molar-refractivity contribution >= 4 is 10.9 Å². The molecule has 1 aliphatic heterocycles. The minimum absolute atomic E-state index is 0.723. The summed E-state index contributed by atoms with van der Waals surface area (Å²) in [5.41, 5.74) is 0. The lowest BCUT2D eigenvalue weighted by atomic mass is 9.99. The molecule has 0 bridgehead atoms. The summed E-state index contributed by atoms with van der Waals surface area (Å²) in [7, 11) is 0.723. The van der Waals surface area contributed by atoms with Crippen molar-refractivity contribution < 1.29 is 4.74 Å². The predicted octanol–water partition coefficient (Wildman–Crippen LogP) is 5.97. The molecule has 22 heavy (non-hydrogen) atoms. The van der Waals surface area contributed by atoms with Gasteiger partial charge in [-0.15, -0.1) is 0 Å². The van der Waals surface area contributed by atoms with Crippen LogP contribution >= 0.6 is 0 Å². The van der Waals surface area contributed by atoms with Gasteiger partial charge in [-0.1, -0.05) is 71.6 Å². The topological polar surface area (TPSA) is 9.23 Å². The highest BCUT2D eigenvalue weighted by atomic mass is 32.2. The van der Waals surface area contributed by atoms with Gasteiger partial charge in [0.05, 0.1) is 6.61 Å². The fourth-order valence-electron chi connectivity index (χ4n) is 3.25. The molecule has 0 N–H and O–H groups in total. The van der Waals surface area contributed by atoms with Crippen molar-refractivity contribution in [3.05, 3.63) is 0 Å². The molecule has 132 valence electrons. The maximum atomic E-state index is 5.86. The van der Waals surface area contributed by atoms with Crippen LogP contribution in [0.3, 0.4) is 0 Å². The van der Waals surface area contributed by atoms with Crippen LogP contribution in [-0.4, -0.2) is 30.5 Å². The molecular formula is C20H41OS+. The zero-order valence-corrected chi connectivity index (χ0v) is 16.2. The van der Waals surface area contributed by atoms with Gasteiger partial charge in [-0.3, -0.25) is 0 Å². The quantitative estimate of drug-likeness (QED) is 0.265. The number of rotatable bonds is 15. The number of ether oxygens (including phenoxy) is 1. The van der Waals surface area contributed by atoms with E-state index in [0.29, 0.717) is 0 Å². The summed E-state index contributed by atoms with van der Waals surface area (Å²) in [4.78, 5) is 0. The maximum Gasteiger partial charge on any atom is 0.131 e. The lowest BCUT2D eigenvalue weighted by molar-refractivity contribution is 0.134. The largest absolute Gasteiger partial charge is 0.377 e. The van der Waals surface area contributed by atoms with Crippen molar-refractivity contribution in [3.63, 3.8) is 0 Å². The van der Waals surface area contributed by atoms with Gasteiger partial charge in [-0.05, 0) is 36.1 Å². The summed E-state index contributed by atoms with van der Waals surface area (Å²) < 4.78 is 5.86. The van der Waals surface area contributed by atoms with E-state index in [1.54, 1.807) is 0 Å². The second-order valence-electron chi connectivity index (χ2n) is 7.20. The Morgan fingerprint density at radius 1 is 0.818 bits per heavy atom. The van der Waals surface area contributed by atoms with Crippen molar-refractivity contribution in [2.75, 3.05) is 30.5 Å². The van der Waals surface area contributed by atoms with Crippen LogP contribution in [0.15, 0.2) is 0 Å². The molecule has 1 nitrogen and oxygen atoms in total. The summed E-state index contributed by atoms with van der Waals surface area (Å²) in [6.07, 6.45) is 17.1. The fourth-order valence-corrected chi connectivity index (χ4v) is 5.44. The third kappa shape index (κ3) is 11.8. The predicted molar refractivity (Wildman–Crippen MR) is 103 cm³/mol. The monoisotopic (exact) mass is 329 g/mol. The van der Waals surface area contributed by atoms with Gasteiger partial charge in [0.1, 0.15) is 17.3 Å². The Bertz CT molecular complexity index is 226. The van der Waals surface area contributed by atoms with E-state index in [9.17, 15) is 0 Å². The molecule has 1 aliphatic rings. The van der Waals surface area contributed by atoms with Crippen LogP contribution in [0.5, 0.6) is 0 Å². The highest BCUT2D eigenvalue weighted by Crippen LogP contribution is 2.16. The van der Waals surface area contributed by atoms with E-state index < -0.39 is 0 Å². The van der Waals surface area contributed by atoms with Crippen molar-refractivity contribution in [2.45, 2.75) is 90.9 Å². The van der Waals surface area contributed by atoms with Gasteiger partial charge in [0.25, 0.3) is 0 Å². The standard InChI is InChI=1S/C20H41OS/c1-3-4-5-6-7-8-9-10-13-20(2)14-15-21-16-19-22-17-11-12-18-22/h20H,3-19H2,1-2H3/q+1. The van der Waals surface area contributed by atoms with Gasteiger partial charge in [0.2, 0.25) is 0 Å². The van der Waals surface area contributed by atoms with E-state index >= 15 is 0 Å². The molecule has 1 atom stereocenters. The minimum atomic E-state index is 0.723. The fraction of sp³-hybridized carbons (Fsp3) is 1.00. The molecule has 0 amide bonds. The maximum absolute atomic E-state index is 5.86. The van der Waals surface area contributed by atoms with Crippen molar-refractivity contribution in [1.82, 2.24) is 0 Å². The van der Waals surface area contributed by atoms with E-state index in [0.717, 1.165) is 30.0 Å². The minimum Gasteiger partial charge on any atom is -0.377 e. The summed E-state index contributed by atoms with van der Waals surface area (Å²) in [6, 6.07) is 0. The first-order valence-corrected chi connectivity index (χ1v) is 11.8. The third-order valence-electron chi connectivity index (χ3n) is 4.94. The lowest BCUT2D eigenvalue weighted by Crippen LogP contribution is -2.15. The average molecular weight is 330 g/mol. The van der Waals surface area contributed by atoms with E-state index in [4.69, 9.17) is 4.74 Å². The van der Waals surface area contributed by atoms with Crippen LogP contribution in [0, 0.1) is 5.92 Å². The molecule has 1 unspecified atom stereocenters. The van der Waals surface area contributed by atoms with Crippen molar-refractivity contribution in [3.8, 4) is 0 Å². The average Bonchev–Trinajstić information content (AvgIpc) is 3.03. The zero-order valence-electron chi connectivity index (χ0n) is 15.4. The molecule has 1 heterocycles. The highest BCUT2D eigenvalue weighted by Gasteiger charge is 2.22. The normalized spacial score (nSPS) is 17.2. The van der Waals surface area contributed by atoms with Crippen LogP contribution in [0.25, 0.3) is 0 Å². The van der Waals surface area contributed by atoms with Gasteiger partial charge >= 0.3 is 0 Å². The van der Waals surface area contributed by atoms with Gasteiger partial charge in [-0.25, -0.2) is 0 Å². The molecule has 0 saturated carbocycles. The van der Waals surface area contributed by atoms with Gasteiger partial charge in [0, 0.05) is 6.61 Å². The molecule has 1 saturated heterocycles. The summed E-state index contributed by atoms with van der Waals surface area (Å²) in [6.45, 7) is 6.71. The third-order valence-corrected chi connectivity index (χ3v) is 7.41. The van der Waals surface area contributed by atoms with E-state index in [-0.39, 0.29) is 0 Å². The summed E-state index contributed by atoms with van der Waals surface area (Å²) >= 11 is 0. The zero-order chi connectivity index (χ0) is 15.9. The molecule has 0 aliphatic carbocycles. The number of hydrogen-bond acceptors (Lipinski definition) is 1. The van der Waals surface area contributed by atoms with Crippen LogP contribution in [0.1, 0.15) is 90.9 Å². The second-order valence-corrected chi connectivity index (χ2v) is 9.65. The van der Waals surface area contributed by atoms with E-state index in [1.165, 1.54) is 94.3 Å². The van der Waals surface area contributed by atoms with E-state index in [2.05, 4.69) is 13.8 Å². The Morgan fingerprint density at radius 2 is 1.45 bits per heavy atom. The first kappa shape index (κ1) is 20.4. The summed E-state index contributed by atoms with van der Waals surface area (Å²) in [5, 5.41) is 0. The number of unbranched alkanes of at least 4 members (excludes halogenated alkanes) is 7. The Hall–Kier alpha value is 0.310. The van der Waals surface area contributed by atoms with Crippen LogP contribution < -0.4 is 0 Å². The number of hydrogen-bond donors (Lipinski definition) is 0. The molecule has 0 aromatic carbocycles. The molecule has 1 rings (SSSR count). The van der Waals surface area contributed by atoms with E-state index in [1.807, 2.05) is 0 Å². The van der Waals surface area contributed by atoms with Crippen molar-refractivity contribution in [1.29, 1.82) is 0 Å². The lowest BCUT2D eigenvalue weighted by Gasteiger charge is -2.11. The molecular weight excluding hydrogens is 288 g/mol. The molecule has 0 aromatic heterocycles. The first-order valence-electron chi connectivity index (χ1n) is 10.0. The molecule has 1 fully saturated rings. The second kappa shape index (κ2) is 14.9. The van der Waals surface area contributed by atoms with Crippen molar-refractivity contribution in [2.24, 2.45) is 5.92 Å². The summed E-state index contributed by atoms with van der Waals surface area (Å²) in [5.74, 6) is 5.16. The molecule has 0 spiro atoms. The van der Waals surface area contributed by atoms with Gasteiger partial charge in [0.15, 0.2) is 0 Å². The molecule has 2 heteroatoms. The molecule has 0 radical (unpaired) electrons. The Balaban J connectivity index is 1.76. The molecule has 0 aromatic rings. The van der Waals surface area contributed by atoms with Gasteiger partial charge in [-0.2, -0.15) is 0 Å². The van der Waals surface area contributed by atoms with Crippen LogP contribution in [0.4, 0.5) is 0 Å². The first-order chi connectivity index (χ1) is 10.8. The Kier molecular flexibility index (Phi) is 13.8. The van der Waals surface area contributed by atoms with Crippen LogP contribution in [-0.2, 0) is 15.6 Å². The smallest absolute Gasteiger partial charge is 0.131 e. The Labute approximate surface area is 143 Å². The highest BCUT2D eigenvalue weighted by molar-refractivity contribution is 7.97. The van der Waals surface area contributed by atoms with Gasteiger partial charge < -0.3 is 4.74 Å².